The fourth-order valence-corrected chi connectivity index (χ4v) is 3.07. The minimum atomic E-state index is 0.345. The molecule has 0 saturated carbocycles. The molecule has 1 aliphatic rings. The van der Waals surface area contributed by atoms with Crippen molar-refractivity contribution in [3.8, 4) is 5.75 Å². The monoisotopic (exact) mass is 263 g/mol. The van der Waals surface area contributed by atoms with E-state index in [1.807, 2.05) is 12.1 Å². The van der Waals surface area contributed by atoms with Gasteiger partial charge in [-0.05, 0) is 56.0 Å². The van der Waals surface area contributed by atoms with Crippen LogP contribution in [-0.2, 0) is 4.74 Å². The lowest BCUT2D eigenvalue weighted by molar-refractivity contribution is 0.0781. The van der Waals surface area contributed by atoms with Crippen molar-refractivity contribution in [3.05, 3.63) is 29.8 Å². The van der Waals surface area contributed by atoms with Crippen molar-refractivity contribution in [1.29, 1.82) is 0 Å². The summed E-state index contributed by atoms with van der Waals surface area (Å²) in [5, 5.41) is 9.39. The van der Waals surface area contributed by atoms with Gasteiger partial charge in [-0.2, -0.15) is 0 Å². The van der Waals surface area contributed by atoms with Crippen LogP contribution in [-0.4, -0.2) is 36.8 Å². The Bertz CT molecular complexity index is 369. The van der Waals surface area contributed by atoms with Crippen LogP contribution in [0.5, 0.6) is 5.75 Å². The summed E-state index contributed by atoms with van der Waals surface area (Å²) in [6.45, 7) is 5.42. The van der Waals surface area contributed by atoms with Crippen LogP contribution >= 0.6 is 0 Å². The number of ether oxygens (including phenoxy) is 1. The van der Waals surface area contributed by atoms with Gasteiger partial charge in [-0.3, -0.25) is 4.90 Å². The molecule has 1 fully saturated rings. The SMILES string of the molecule is CCC(c1ccc(O)cc1)N1CCC(COC)CC1. The molecule has 0 aliphatic carbocycles. The highest BCUT2D eigenvalue weighted by Gasteiger charge is 2.24. The number of hydrogen-bond acceptors (Lipinski definition) is 3. The van der Waals surface area contributed by atoms with Crippen LogP contribution in [0.2, 0.25) is 0 Å². The molecule has 1 aliphatic heterocycles. The first-order valence-corrected chi connectivity index (χ1v) is 7.26. The van der Waals surface area contributed by atoms with Crippen LogP contribution in [0, 0.1) is 5.92 Å². The number of nitrogens with zero attached hydrogens (tertiary/aromatic N) is 1. The molecule has 1 saturated heterocycles. The summed E-state index contributed by atoms with van der Waals surface area (Å²) < 4.78 is 5.25. The standard InChI is InChI=1S/C16H25NO2/c1-3-16(14-4-6-15(18)7-5-14)17-10-8-13(9-11-17)12-19-2/h4-7,13,16,18H,3,8-12H2,1-2H3. The predicted octanol–water partition coefficient (Wildman–Crippen LogP) is 3.20. The summed E-state index contributed by atoms with van der Waals surface area (Å²) in [6.07, 6.45) is 3.56. The third kappa shape index (κ3) is 3.71. The Kier molecular flexibility index (Phi) is 5.23. The Morgan fingerprint density at radius 3 is 2.42 bits per heavy atom. The maximum atomic E-state index is 9.39. The lowest BCUT2D eigenvalue weighted by Crippen LogP contribution is -2.37. The number of piperidine rings is 1. The largest absolute Gasteiger partial charge is 0.508 e. The zero-order chi connectivity index (χ0) is 13.7. The molecule has 3 heteroatoms. The summed E-state index contributed by atoms with van der Waals surface area (Å²) in [4.78, 5) is 2.57. The molecule has 1 heterocycles. The van der Waals surface area contributed by atoms with Gasteiger partial charge in [0.2, 0.25) is 0 Å². The van der Waals surface area contributed by atoms with E-state index >= 15 is 0 Å². The molecule has 1 aromatic carbocycles. The van der Waals surface area contributed by atoms with Gasteiger partial charge in [-0.1, -0.05) is 19.1 Å². The summed E-state index contributed by atoms with van der Waals surface area (Å²) in [6, 6.07) is 8.14. The van der Waals surface area contributed by atoms with Crippen LogP contribution in [0.4, 0.5) is 0 Å². The van der Waals surface area contributed by atoms with Crippen LogP contribution in [0.25, 0.3) is 0 Å². The number of methoxy groups -OCH3 is 1. The minimum Gasteiger partial charge on any atom is -0.508 e. The van der Waals surface area contributed by atoms with E-state index in [0.717, 1.165) is 32.0 Å². The van der Waals surface area contributed by atoms with E-state index in [1.54, 1.807) is 19.2 Å². The normalized spacial score (nSPS) is 19.5. The van der Waals surface area contributed by atoms with Gasteiger partial charge in [0, 0.05) is 19.8 Å². The molecule has 3 nitrogen and oxygen atoms in total. The molecule has 0 spiro atoms. The number of aromatic hydroxyl groups is 1. The van der Waals surface area contributed by atoms with Crippen molar-refractivity contribution in [2.24, 2.45) is 5.92 Å². The molecule has 0 amide bonds. The first kappa shape index (κ1) is 14.4. The quantitative estimate of drug-likeness (QED) is 0.885. The van der Waals surface area contributed by atoms with Gasteiger partial charge in [0.15, 0.2) is 0 Å². The van der Waals surface area contributed by atoms with Crippen molar-refractivity contribution in [1.82, 2.24) is 4.90 Å². The molecule has 106 valence electrons. The van der Waals surface area contributed by atoms with E-state index in [9.17, 15) is 5.11 Å². The number of benzene rings is 1. The lowest BCUT2D eigenvalue weighted by atomic mass is 9.94. The van der Waals surface area contributed by atoms with Crippen LogP contribution in [0.1, 0.15) is 37.8 Å². The first-order chi connectivity index (χ1) is 9.24. The Hall–Kier alpha value is -1.06. The van der Waals surface area contributed by atoms with E-state index in [2.05, 4.69) is 11.8 Å². The molecule has 2 rings (SSSR count). The second-order valence-corrected chi connectivity index (χ2v) is 5.45. The highest BCUT2D eigenvalue weighted by atomic mass is 16.5. The minimum absolute atomic E-state index is 0.345. The van der Waals surface area contributed by atoms with E-state index in [1.165, 1.54) is 18.4 Å². The van der Waals surface area contributed by atoms with E-state index in [4.69, 9.17) is 4.74 Å². The van der Waals surface area contributed by atoms with Gasteiger partial charge in [0.1, 0.15) is 5.75 Å². The highest BCUT2D eigenvalue weighted by molar-refractivity contribution is 5.28. The maximum absolute atomic E-state index is 9.39. The Morgan fingerprint density at radius 1 is 1.26 bits per heavy atom. The molecule has 1 aromatic rings. The fraction of sp³-hybridized carbons (Fsp3) is 0.625. The average molecular weight is 263 g/mol. The van der Waals surface area contributed by atoms with Gasteiger partial charge in [0.05, 0.1) is 0 Å². The Morgan fingerprint density at radius 2 is 1.89 bits per heavy atom. The van der Waals surface area contributed by atoms with Gasteiger partial charge in [-0.15, -0.1) is 0 Å². The van der Waals surface area contributed by atoms with Crippen molar-refractivity contribution >= 4 is 0 Å². The van der Waals surface area contributed by atoms with E-state index < -0.39 is 0 Å². The van der Waals surface area contributed by atoms with Crippen LogP contribution in [0.3, 0.4) is 0 Å². The van der Waals surface area contributed by atoms with Crippen LogP contribution in [0.15, 0.2) is 24.3 Å². The number of hydrogen-bond donors (Lipinski definition) is 1. The smallest absolute Gasteiger partial charge is 0.115 e. The zero-order valence-electron chi connectivity index (χ0n) is 12.0. The average Bonchev–Trinajstić information content (AvgIpc) is 2.44. The van der Waals surface area contributed by atoms with Gasteiger partial charge >= 0.3 is 0 Å². The fourth-order valence-electron chi connectivity index (χ4n) is 3.07. The van der Waals surface area contributed by atoms with Gasteiger partial charge < -0.3 is 9.84 Å². The predicted molar refractivity (Wildman–Crippen MR) is 77.3 cm³/mol. The van der Waals surface area contributed by atoms with Crippen molar-refractivity contribution in [2.75, 3.05) is 26.8 Å². The topological polar surface area (TPSA) is 32.7 Å². The highest BCUT2D eigenvalue weighted by Crippen LogP contribution is 2.30. The summed E-state index contributed by atoms with van der Waals surface area (Å²) in [5.74, 6) is 1.07. The molecule has 19 heavy (non-hydrogen) atoms. The Labute approximate surface area is 116 Å². The molecular formula is C16H25NO2. The molecule has 0 bridgehead atoms. The number of rotatable bonds is 5. The summed E-state index contributed by atoms with van der Waals surface area (Å²) in [7, 11) is 1.79. The lowest BCUT2D eigenvalue weighted by Gasteiger charge is -2.37. The molecule has 1 atom stereocenters. The maximum Gasteiger partial charge on any atom is 0.115 e. The van der Waals surface area contributed by atoms with E-state index in [0.29, 0.717) is 11.8 Å². The summed E-state index contributed by atoms with van der Waals surface area (Å²) >= 11 is 0. The van der Waals surface area contributed by atoms with Crippen molar-refractivity contribution in [3.63, 3.8) is 0 Å². The first-order valence-electron chi connectivity index (χ1n) is 7.26. The summed E-state index contributed by atoms with van der Waals surface area (Å²) in [5.41, 5.74) is 1.31. The van der Waals surface area contributed by atoms with Crippen molar-refractivity contribution in [2.45, 2.75) is 32.2 Å². The third-order valence-electron chi connectivity index (χ3n) is 4.16. The number of likely N-dealkylation sites (tertiary alicyclic amines) is 1. The molecule has 0 radical (unpaired) electrons. The number of phenols is 1. The Balaban J connectivity index is 1.97. The van der Waals surface area contributed by atoms with Gasteiger partial charge in [-0.25, -0.2) is 0 Å². The molecule has 1 N–H and O–H groups in total. The third-order valence-corrected chi connectivity index (χ3v) is 4.16. The second-order valence-electron chi connectivity index (χ2n) is 5.45. The number of phenolic OH excluding ortho intramolecular Hbond substituents is 1. The molecular weight excluding hydrogens is 238 g/mol. The van der Waals surface area contributed by atoms with Gasteiger partial charge in [0.25, 0.3) is 0 Å². The second kappa shape index (κ2) is 6.92. The molecule has 0 aromatic heterocycles. The zero-order valence-corrected chi connectivity index (χ0v) is 12.0. The van der Waals surface area contributed by atoms with Crippen LogP contribution < -0.4 is 0 Å². The molecule has 1 unspecified atom stereocenters. The van der Waals surface area contributed by atoms with E-state index in [-0.39, 0.29) is 0 Å². The van der Waals surface area contributed by atoms with Crippen molar-refractivity contribution < 1.29 is 9.84 Å².